The van der Waals surface area contributed by atoms with Gasteiger partial charge in [-0.05, 0) is 35.4 Å². The van der Waals surface area contributed by atoms with E-state index in [0.717, 1.165) is 49.5 Å². The fourth-order valence-corrected chi connectivity index (χ4v) is 4.85. The number of H-pyrrole nitrogens is 1. The lowest BCUT2D eigenvalue weighted by molar-refractivity contribution is 0.0342. The van der Waals surface area contributed by atoms with Gasteiger partial charge in [-0.3, -0.25) is 9.69 Å². The highest BCUT2D eigenvalue weighted by molar-refractivity contribution is 5.77. The summed E-state index contributed by atoms with van der Waals surface area (Å²) < 4.78 is 5.41. The molecule has 3 N–H and O–H groups in total. The van der Waals surface area contributed by atoms with E-state index >= 15 is 0 Å². The second-order valence-electron chi connectivity index (χ2n) is 9.58. The fraction of sp³-hybridized carbons (Fsp3) is 0.345. The Bertz CT molecular complexity index is 1400. The van der Waals surface area contributed by atoms with E-state index in [4.69, 9.17) is 4.74 Å². The van der Waals surface area contributed by atoms with E-state index in [0.29, 0.717) is 6.54 Å². The lowest BCUT2D eigenvalue weighted by Gasteiger charge is -2.26. The number of morpholine rings is 1. The summed E-state index contributed by atoms with van der Waals surface area (Å²) in [4.78, 5) is 36.5. The summed E-state index contributed by atoms with van der Waals surface area (Å²) in [5.41, 5.74) is 3.41. The zero-order chi connectivity index (χ0) is 27.2. The predicted molar refractivity (Wildman–Crippen MR) is 144 cm³/mol. The van der Waals surface area contributed by atoms with Crippen molar-refractivity contribution < 1.29 is 19.7 Å². The van der Waals surface area contributed by atoms with Crippen LogP contribution >= 0.6 is 0 Å². The molecule has 1 unspecified atom stereocenters. The topological polar surface area (TPSA) is 122 Å². The van der Waals surface area contributed by atoms with Gasteiger partial charge in [0, 0.05) is 43.9 Å². The van der Waals surface area contributed by atoms with E-state index < -0.39 is 11.3 Å². The molecule has 0 radical (unpaired) electrons. The molecule has 2 amide bonds. The molecular weight excluding hydrogens is 498 g/mol. The van der Waals surface area contributed by atoms with Crippen molar-refractivity contribution in [2.24, 2.45) is 0 Å². The zero-order valence-corrected chi connectivity index (χ0v) is 21.5. The van der Waals surface area contributed by atoms with Gasteiger partial charge in [-0.25, -0.2) is 9.78 Å². The molecule has 0 spiro atoms. The molecule has 5 rings (SSSR count). The number of nitrogens with one attached hydrogen (secondary N) is 1. The number of aromatic hydroxyl groups is 1. The molecule has 2 fully saturated rings. The number of hydrogen-bond donors (Lipinski definition) is 3. The van der Waals surface area contributed by atoms with Crippen LogP contribution in [0.15, 0.2) is 59.7 Å². The molecule has 10 nitrogen and oxygen atoms in total. The van der Waals surface area contributed by atoms with Crippen molar-refractivity contribution >= 4 is 6.03 Å². The van der Waals surface area contributed by atoms with Crippen LogP contribution in [0.25, 0.3) is 0 Å². The third-order valence-electron chi connectivity index (χ3n) is 6.98. The van der Waals surface area contributed by atoms with Gasteiger partial charge in [-0.15, -0.1) is 0 Å². The maximum Gasteiger partial charge on any atom is 0.321 e. The summed E-state index contributed by atoms with van der Waals surface area (Å²) in [5.74, 6) is 5.91. The number of amides is 2. The second-order valence-corrected chi connectivity index (χ2v) is 9.58. The van der Waals surface area contributed by atoms with Gasteiger partial charge < -0.3 is 29.7 Å². The van der Waals surface area contributed by atoms with Crippen LogP contribution in [-0.4, -0.2) is 86.9 Å². The Morgan fingerprint density at radius 2 is 1.64 bits per heavy atom. The van der Waals surface area contributed by atoms with E-state index in [2.05, 4.69) is 38.8 Å². The highest BCUT2D eigenvalue weighted by atomic mass is 16.5. The molecular formula is C29H31N5O5. The van der Waals surface area contributed by atoms with Crippen molar-refractivity contribution in [3.8, 4) is 17.6 Å². The molecule has 0 saturated carbocycles. The van der Waals surface area contributed by atoms with Crippen molar-refractivity contribution in [2.45, 2.75) is 19.1 Å². The number of hydrogen-bond acceptors (Lipinski definition) is 7. The number of aliphatic hydroxyl groups excluding tert-OH is 1. The molecule has 0 bridgehead atoms. The summed E-state index contributed by atoms with van der Waals surface area (Å²) >= 11 is 0. The van der Waals surface area contributed by atoms with Gasteiger partial charge in [-0.1, -0.05) is 36.1 Å². The van der Waals surface area contributed by atoms with Gasteiger partial charge in [0.25, 0.3) is 5.56 Å². The van der Waals surface area contributed by atoms with Crippen LogP contribution in [0.5, 0.6) is 5.75 Å². The van der Waals surface area contributed by atoms with Gasteiger partial charge in [0.15, 0.2) is 0 Å². The van der Waals surface area contributed by atoms with Crippen LogP contribution in [0.1, 0.15) is 34.0 Å². The number of aliphatic hydroxyl groups is 1. The van der Waals surface area contributed by atoms with E-state index in [1.54, 1.807) is 4.90 Å². The maximum absolute atomic E-state index is 13.1. The Kier molecular flexibility index (Phi) is 8.22. The normalized spacial score (nSPS) is 17.8. The summed E-state index contributed by atoms with van der Waals surface area (Å²) in [5, 5.41) is 19.6. The maximum atomic E-state index is 13.1. The molecule has 2 aliphatic rings. The molecule has 0 aliphatic carbocycles. The minimum atomic E-state index is -0.656. The number of rotatable bonds is 7. The van der Waals surface area contributed by atoms with Gasteiger partial charge in [0.2, 0.25) is 5.75 Å². The minimum Gasteiger partial charge on any atom is -0.502 e. The highest BCUT2D eigenvalue weighted by Crippen LogP contribution is 2.31. The summed E-state index contributed by atoms with van der Waals surface area (Å²) in [6.07, 6.45) is 1.19. The van der Waals surface area contributed by atoms with Gasteiger partial charge >= 0.3 is 6.03 Å². The first-order valence-corrected chi connectivity index (χ1v) is 12.9. The number of aromatic nitrogens is 2. The Balaban J connectivity index is 1.25. The van der Waals surface area contributed by atoms with Crippen LogP contribution < -0.4 is 5.56 Å². The molecule has 3 heterocycles. The number of ether oxygens (including phenoxy) is 1. The van der Waals surface area contributed by atoms with Crippen LogP contribution in [0.4, 0.5) is 4.79 Å². The van der Waals surface area contributed by atoms with Crippen LogP contribution in [0.3, 0.4) is 0 Å². The Labute approximate surface area is 226 Å². The number of β-amino-alcohol motifs (C(OH)–C–C–N with tert-alkyl or cyclic N) is 1. The third-order valence-corrected chi connectivity index (χ3v) is 6.98. The van der Waals surface area contributed by atoms with Crippen LogP contribution in [-0.2, 0) is 17.8 Å². The molecule has 2 aromatic carbocycles. The SMILES string of the molecule is O=C1N(Cc2nc[nH]c(=O)c2O)CC(c2ccc(C#Cc3ccc(CN4CCOCC4)cc3)cc2)N1CCO. The fourth-order valence-electron chi connectivity index (χ4n) is 4.85. The van der Waals surface area contributed by atoms with E-state index in [-0.39, 0.29) is 37.5 Å². The molecule has 1 atom stereocenters. The smallest absolute Gasteiger partial charge is 0.321 e. The highest BCUT2D eigenvalue weighted by Gasteiger charge is 2.38. The number of benzene rings is 2. The standard InChI is InChI=1S/C29H31N5O5/c35-14-11-34-26(19-33(29(34)38)18-25-27(36)28(37)31-20-30-25)24-9-7-22(8-10-24)2-1-21-3-5-23(6-4-21)17-32-12-15-39-16-13-32/h3-10,20,26,35-36H,11-19H2,(H,30,31,37). The molecule has 2 saturated heterocycles. The van der Waals surface area contributed by atoms with Crippen LogP contribution in [0, 0.1) is 11.8 Å². The lowest BCUT2D eigenvalue weighted by atomic mass is 10.0. The Morgan fingerprint density at radius 1 is 0.974 bits per heavy atom. The Morgan fingerprint density at radius 3 is 2.31 bits per heavy atom. The average molecular weight is 530 g/mol. The quantitative estimate of drug-likeness (QED) is 0.398. The number of urea groups is 1. The number of aromatic amines is 1. The van der Waals surface area contributed by atoms with Crippen molar-refractivity contribution in [3.63, 3.8) is 0 Å². The number of carbonyl (C=O) groups is 1. The molecule has 10 heteroatoms. The first-order valence-electron chi connectivity index (χ1n) is 12.9. The molecule has 3 aromatic rings. The van der Waals surface area contributed by atoms with Crippen molar-refractivity contribution in [2.75, 3.05) is 46.0 Å². The lowest BCUT2D eigenvalue weighted by Crippen LogP contribution is -2.35. The Hall–Kier alpha value is -4.17. The van der Waals surface area contributed by atoms with Gasteiger partial charge in [0.1, 0.15) is 5.69 Å². The zero-order valence-electron chi connectivity index (χ0n) is 21.5. The van der Waals surface area contributed by atoms with E-state index in [1.807, 2.05) is 36.4 Å². The molecule has 2 aliphatic heterocycles. The largest absolute Gasteiger partial charge is 0.502 e. The van der Waals surface area contributed by atoms with E-state index in [9.17, 15) is 19.8 Å². The van der Waals surface area contributed by atoms with Crippen LogP contribution in [0.2, 0.25) is 0 Å². The van der Waals surface area contributed by atoms with Crippen molar-refractivity contribution in [3.05, 3.63) is 93.2 Å². The third kappa shape index (κ3) is 6.29. The van der Waals surface area contributed by atoms with Gasteiger partial charge in [0.05, 0.1) is 38.7 Å². The monoisotopic (exact) mass is 529 g/mol. The average Bonchev–Trinajstić information content (AvgIpc) is 3.26. The first-order chi connectivity index (χ1) is 19.0. The molecule has 202 valence electrons. The second kappa shape index (κ2) is 12.1. The molecule has 39 heavy (non-hydrogen) atoms. The number of nitrogens with zero attached hydrogens (tertiary/aromatic N) is 4. The minimum absolute atomic E-state index is 0.0121. The number of carbonyl (C=O) groups excluding carboxylic acids is 1. The predicted octanol–water partition coefficient (Wildman–Crippen LogP) is 1.68. The van der Waals surface area contributed by atoms with Crippen molar-refractivity contribution in [1.82, 2.24) is 24.7 Å². The van der Waals surface area contributed by atoms with Crippen molar-refractivity contribution in [1.29, 1.82) is 0 Å². The first kappa shape index (κ1) is 26.4. The summed E-state index contributed by atoms with van der Waals surface area (Å²) in [6.45, 7) is 4.70. The molecule has 1 aromatic heterocycles. The van der Waals surface area contributed by atoms with E-state index in [1.165, 1.54) is 16.8 Å². The summed E-state index contributed by atoms with van der Waals surface area (Å²) in [6, 6.07) is 15.4. The summed E-state index contributed by atoms with van der Waals surface area (Å²) in [7, 11) is 0. The van der Waals surface area contributed by atoms with Gasteiger partial charge in [-0.2, -0.15) is 0 Å².